The lowest BCUT2D eigenvalue weighted by Gasteiger charge is -2.23. The molecule has 1 amide bonds. The van der Waals surface area contributed by atoms with Gasteiger partial charge in [-0.1, -0.05) is 6.92 Å². The largest absolute Gasteiger partial charge is 0.481 e. The second-order valence-corrected chi connectivity index (χ2v) is 6.17. The van der Waals surface area contributed by atoms with E-state index in [9.17, 15) is 14.7 Å². The molecule has 102 valence electrons. The quantitative estimate of drug-likeness (QED) is 0.829. The summed E-state index contributed by atoms with van der Waals surface area (Å²) in [6.45, 7) is 2.70. The van der Waals surface area contributed by atoms with Crippen molar-refractivity contribution < 1.29 is 14.7 Å². The molecule has 1 unspecified atom stereocenters. The monoisotopic (exact) mass is 373 g/mol. The number of rotatable bonds is 3. The maximum Gasteiger partial charge on any atom is 0.311 e. The van der Waals surface area contributed by atoms with E-state index in [1.54, 1.807) is 17.0 Å². The van der Waals surface area contributed by atoms with E-state index in [1.807, 2.05) is 19.1 Å². The van der Waals surface area contributed by atoms with Gasteiger partial charge in [-0.3, -0.25) is 9.59 Å². The standard InChI is InChI=1S/C14H16INO3/c1-2-14(13(18)19)7-8-16(9-14)12(17)10-3-5-11(15)6-4-10/h3-6H,2,7-9H2,1H3,(H,18,19). The highest BCUT2D eigenvalue weighted by Gasteiger charge is 2.44. The molecule has 0 bridgehead atoms. The Morgan fingerprint density at radius 1 is 1.37 bits per heavy atom. The Morgan fingerprint density at radius 2 is 2.00 bits per heavy atom. The van der Waals surface area contributed by atoms with E-state index in [0.29, 0.717) is 31.5 Å². The van der Waals surface area contributed by atoms with Crippen LogP contribution in [0.5, 0.6) is 0 Å². The molecule has 0 aliphatic carbocycles. The second kappa shape index (κ2) is 5.48. The van der Waals surface area contributed by atoms with Crippen LogP contribution in [0.4, 0.5) is 0 Å². The van der Waals surface area contributed by atoms with Crippen LogP contribution >= 0.6 is 22.6 Å². The Balaban J connectivity index is 2.14. The lowest BCUT2D eigenvalue weighted by Crippen LogP contribution is -2.36. The zero-order valence-electron chi connectivity index (χ0n) is 10.7. The van der Waals surface area contributed by atoms with Crippen LogP contribution in [0.25, 0.3) is 0 Å². The number of amides is 1. The smallest absolute Gasteiger partial charge is 0.311 e. The lowest BCUT2D eigenvalue weighted by atomic mass is 9.84. The van der Waals surface area contributed by atoms with Gasteiger partial charge in [-0.15, -0.1) is 0 Å². The summed E-state index contributed by atoms with van der Waals surface area (Å²) < 4.78 is 1.07. The highest BCUT2D eigenvalue weighted by molar-refractivity contribution is 14.1. The number of likely N-dealkylation sites (tertiary alicyclic amines) is 1. The van der Waals surface area contributed by atoms with Crippen molar-refractivity contribution in [2.24, 2.45) is 5.41 Å². The highest BCUT2D eigenvalue weighted by atomic mass is 127. The molecule has 1 fully saturated rings. The van der Waals surface area contributed by atoms with Crippen molar-refractivity contribution in [1.29, 1.82) is 0 Å². The highest BCUT2D eigenvalue weighted by Crippen LogP contribution is 2.34. The molecule has 1 aliphatic heterocycles. The van der Waals surface area contributed by atoms with Gasteiger partial charge < -0.3 is 10.0 Å². The van der Waals surface area contributed by atoms with Gasteiger partial charge in [-0.05, 0) is 59.7 Å². The van der Waals surface area contributed by atoms with E-state index < -0.39 is 11.4 Å². The van der Waals surface area contributed by atoms with Crippen molar-refractivity contribution in [3.8, 4) is 0 Å². The first-order chi connectivity index (χ1) is 8.98. The number of aliphatic carboxylic acids is 1. The molecule has 0 radical (unpaired) electrons. The summed E-state index contributed by atoms with van der Waals surface area (Å²) >= 11 is 2.19. The molecule has 4 nitrogen and oxygen atoms in total. The summed E-state index contributed by atoms with van der Waals surface area (Å²) in [6.07, 6.45) is 1.09. The van der Waals surface area contributed by atoms with Gasteiger partial charge in [0, 0.05) is 22.2 Å². The number of carbonyl (C=O) groups excluding carboxylic acids is 1. The first kappa shape index (κ1) is 14.3. The fourth-order valence-corrected chi connectivity index (χ4v) is 2.79. The lowest BCUT2D eigenvalue weighted by molar-refractivity contribution is -0.148. The van der Waals surface area contributed by atoms with Gasteiger partial charge in [-0.25, -0.2) is 0 Å². The van der Waals surface area contributed by atoms with Crippen LogP contribution in [0.1, 0.15) is 30.1 Å². The van der Waals surface area contributed by atoms with Gasteiger partial charge in [0.1, 0.15) is 0 Å². The minimum atomic E-state index is -0.798. The normalized spacial score (nSPS) is 22.5. The molecule has 1 aliphatic rings. The van der Waals surface area contributed by atoms with Gasteiger partial charge in [0.25, 0.3) is 5.91 Å². The van der Waals surface area contributed by atoms with Crippen molar-refractivity contribution >= 4 is 34.5 Å². The number of benzene rings is 1. The van der Waals surface area contributed by atoms with Crippen LogP contribution in [0.3, 0.4) is 0 Å². The SMILES string of the molecule is CCC1(C(=O)O)CCN(C(=O)c2ccc(I)cc2)C1. The number of carboxylic acid groups (broad SMARTS) is 1. The van der Waals surface area contributed by atoms with E-state index >= 15 is 0 Å². The molecule has 5 heteroatoms. The third-order valence-corrected chi connectivity index (χ3v) is 4.58. The van der Waals surface area contributed by atoms with Gasteiger partial charge in [0.15, 0.2) is 0 Å². The first-order valence-corrected chi connectivity index (χ1v) is 7.34. The number of carboxylic acids is 1. The predicted octanol–water partition coefficient (Wildman–Crippen LogP) is 2.62. The van der Waals surface area contributed by atoms with Crippen LogP contribution in [0.2, 0.25) is 0 Å². The maximum absolute atomic E-state index is 12.3. The molecule has 0 saturated carbocycles. The Hall–Kier alpha value is -1.11. The van der Waals surface area contributed by atoms with Crippen molar-refractivity contribution in [1.82, 2.24) is 4.90 Å². The number of carbonyl (C=O) groups is 2. The molecule has 1 aromatic carbocycles. The Morgan fingerprint density at radius 3 is 2.47 bits per heavy atom. The average molecular weight is 373 g/mol. The minimum absolute atomic E-state index is 0.0759. The van der Waals surface area contributed by atoms with Crippen LogP contribution in [0.15, 0.2) is 24.3 Å². The first-order valence-electron chi connectivity index (χ1n) is 6.27. The fraction of sp³-hybridized carbons (Fsp3) is 0.429. The van der Waals surface area contributed by atoms with Crippen LogP contribution in [0, 0.1) is 8.99 Å². The summed E-state index contributed by atoms with van der Waals surface area (Å²) in [6, 6.07) is 7.34. The van der Waals surface area contributed by atoms with Crippen molar-refractivity contribution in [2.75, 3.05) is 13.1 Å². The van der Waals surface area contributed by atoms with Gasteiger partial charge in [-0.2, -0.15) is 0 Å². The summed E-state index contributed by atoms with van der Waals surface area (Å²) in [5.41, 5.74) is -0.142. The number of hydrogen-bond acceptors (Lipinski definition) is 2. The number of nitrogens with zero attached hydrogens (tertiary/aromatic N) is 1. The molecule has 0 spiro atoms. The van der Waals surface area contributed by atoms with Crippen molar-refractivity contribution in [3.63, 3.8) is 0 Å². The van der Waals surface area contributed by atoms with Gasteiger partial charge in [0.05, 0.1) is 5.41 Å². The van der Waals surface area contributed by atoms with E-state index in [0.717, 1.165) is 3.57 Å². The number of halogens is 1. The molecule has 0 aromatic heterocycles. The minimum Gasteiger partial charge on any atom is -0.481 e. The topological polar surface area (TPSA) is 57.6 Å². The van der Waals surface area contributed by atoms with Crippen molar-refractivity contribution in [2.45, 2.75) is 19.8 Å². The summed E-state index contributed by atoms with van der Waals surface area (Å²) in [4.78, 5) is 25.3. The fourth-order valence-electron chi connectivity index (χ4n) is 2.44. The predicted molar refractivity (Wildman–Crippen MR) is 80.0 cm³/mol. The third kappa shape index (κ3) is 2.75. The molecule has 1 atom stereocenters. The number of hydrogen-bond donors (Lipinski definition) is 1. The summed E-state index contributed by atoms with van der Waals surface area (Å²) in [5.74, 6) is -0.874. The molecular formula is C14H16INO3. The zero-order chi connectivity index (χ0) is 14.0. The molecule has 1 aromatic rings. The van der Waals surface area contributed by atoms with E-state index in [4.69, 9.17) is 0 Å². The second-order valence-electron chi connectivity index (χ2n) is 4.92. The molecule has 1 N–H and O–H groups in total. The summed E-state index contributed by atoms with van der Waals surface area (Å²) in [7, 11) is 0. The molecule has 2 rings (SSSR count). The van der Waals surface area contributed by atoms with E-state index in [-0.39, 0.29) is 5.91 Å². The van der Waals surface area contributed by atoms with Gasteiger partial charge in [0.2, 0.25) is 0 Å². The molecule has 1 saturated heterocycles. The maximum atomic E-state index is 12.3. The Bertz CT molecular complexity index is 500. The Kier molecular flexibility index (Phi) is 4.13. The van der Waals surface area contributed by atoms with E-state index in [2.05, 4.69) is 22.6 Å². The van der Waals surface area contributed by atoms with Crippen LogP contribution in [-0.4, -0.2) is 35.0 Å². The van der Waals surface area contributed by atoms with Gasteiger partial charge >= 0.3 is 5.97 Å². The average Bonchev–Trinajstić information content (AvgIpc) is 2.84. The zero-order valence-corrected chi connectivity index (χ0v) is 12.9. The molecule has 1 heterocycles. The Labute approximate surface area is 125 Å². The van der Waals surface area contributed by atoms with Crippen LogP contribution < -0.4 is 0 Å². The van der Waals surface area contributed by atoms with Crippen molar-refractivity contribution in [3.05, 3.63) is 33.4 Å². The van der Waals surface area contributed by atoms with Crippen LogP contribution in [-0.2, 0) is 4.79 Å². The molecular weight excluding hydrogens is 357 g/mol. The molecule has 19 heavy (non-hydrogen) atoms. The third-order valence-electron chi connectivity index (χ3n) is 3.86. The van der Waals surface area contributed by atoms with E-state index in [1.165, 1.54) is 0 Å². The summed E-state index contributed by atoms with van der Waals surface area (Å²) in [5, 5.41) is 9.33.